The van der Waals surface area contributed by atoms with Crippen LogP contribution in [0.5, 0.6) is 0 Å². The maximum atomic E-state index is 12.6. The molecule has 0 aliphatic carbocycles. The van der Waals surface area contributed by atoms with Crippen LogP contribution in [-0.2, 0) is 4.79 Å². The Morgan fingerprint density at radius 1 is 0.889 bits per heavy atom. The summed E-state index contributed by atoms with van der Waals surface area (Å²) in [5.41, 5.74) is 3.25. The van der Waals surface area contributed by atoms with E-state index in [2.05, 4.69) is 12.2 Å². The van der Waals surface area contributed by atoms with Crippen molar-refractivity contribution in [2.75, 3.05) is 6.54 Å². The number of amides is 1. The average Bonchev–Trinajstić information content (AvgIpc) is 2.71. The van der Waals surface area contributed by atoms with Gasteiger partial charge < -0.3 is 10.6 Å². The van der Waals surface area contributed by atoms with Crippen LogP contribution in [0.4, 0.5) is 0 Å². The second-order valence-corrected chi connectivity index (χ2v) is 7.04. The van der Waals surface area contributed by atoms with E-state index in [0.717, 1.165) is 16.7 Å². The highest BCUT2D eigenvalue weighted by Crippen LogP contribution is 2.21. The molecule has 3 nitrogen and oxygen atoms in total. The number of hydrogen-bond donors (Lipinski definition) is 2. The van der Waals surface area contributed by atoms with E-state index in [0.29, 0.717) is 11.6 Å². The smallest absolute Gasteiger partial charge is 0.275 e. The van der Waals surface area contributed by atoms with Crippen molar-refractivity contribution in [3.63, 3.8) is 0 Å². The fraction of sp³-hybridized carbons (Fsp3) is 0.174. The van der Waals surface area contributed by atoms with Crippen molar-refractivity contribution in [3.8, 4) is 0 Å². The van der Waals surface area contributed by atoms with Crippen molar-refractivity contribution < 1.29 is 10.1 Å². The molecule has 0 aliphatic rings. The predicted molar refractivity (Wildman–Crippen MR) is 110 cm³/mol. The molecular formula is C23H24ClN2O+. The average molecular weight is 380 g/mol. The van der Waals surface area contributed by atoms with Crippen molar-refractivity contribution in [1.82, 2.24) is 5.32 Å². The van der Waals surface area contributed by atoms with Crippen LogP contribution in [0.25, 0.3) is 0 Å². The molecule has 27 heavy (non-hydrogen) atoms. The highest BCUT2D eigenvalue weighted by Gasteiger charge is 2.18. The van der Waals surface area contributed by atoms with E-state index >= 15 is 0 Å². The van der Waals surface area contributed by atoms with Crippen molar-refractivity contribution >= 4 is 17.5 Å². The van der Waals surface area contributed by atoms with Gasteiger partial charge in [0.15, 0.2) is 6.54 Å². The number of hydrogen-bond acceptors (Lipinski definition) is 1. The van der Waals surface area contributed by atoms with E-state index in [1.807, 2.05) is 90.2 Å². The molecule has 0 fully saturated rings. The zero-order valence-corrected chi connectivity index (χ0v) is 16.1. The molecule has 1 atom stereocenters. The van der Waals surface area contributed by atoms with Gasteiger partial charge in [0, 0.05) is 10.6 Å². The molecule has 0 spiro atoms. The molecular weight excluding hydrogens is 356 g/mol. The third-order valence-corrected chi connectivity index (χ3v) is 4.84. The normalized spacial score (nSPS) is 12.0. The minimum absolute atomic E-state index is 0.00147. The Hall–Kier alpha value is -2.62. The monoisotopic (exact) mass is 379 g/mol. The molecule has 3 aromatic rings. The minimum Gasteiger partial charge on any atom is -0.340 e. The third-order valence-electron chi connectivity index (χ3n) is 4.60. The molecule has 1 amide bonds. The molecule has 3 rings (SSSR count). The first kappa shape index (κ1) is 19.2. The van der Waals surface area contributed by atoms with Crippen LogP contribution >= 0.6 is 11.6 Å². The molecule has 138 valence electrons. The van der Waals surface area contributed by atoms with Gasteiger partial charge in [0.05, 0.1) is 6.04 Å². The van der Waals surface area contributed by atoms with Crippen LogP contribution in [0.2, 0.25) is 5.02 Å². The van der Waals surface area contributed by atoms with Crippen LogP contribution in [-0.4, -0.2) is 12.5 Å². The van der Waals surface area contributed by atoms with Gasteiger partial charge in [-0.15, -0.1) is 0 Å². The first-order valence-corrected chi connectivity index (χ1v) is 9.49. The lowest BCUT2D eigenvalue weighted by Crippen LogP contribution is -2.87. The van der Waals surface area contributed by atoms with Gasteiger partial charge in [0.1, 0.15) is 6.04 Å². The van der Waals surface area contributed by atoms with Crippen LogP contribution < -0.4 is 10.6 Å². The van der Waals surface area contributed by atoms with Gasteiger partial charge in [0.25, 0.3) is 5.91 Å². The molecule has 0 radical (unpaired) electrons. The highest BCUT2D eigenvalue weighted by atomic mass is 35.5. The Morgan fingerprint density at radius 2 is 1.44 bits per heavy atom. The first-order valence-electron chi connectivity index (χ1n) is 9.11. The first-order chi connectivity index (χ1) is 13.1. The lowest BCUT2D eigenvalue weighted by Gasteiger charge is -2.20. The van der Waals surface area contributed by atoms with Crippen LogP contribution in [0.1, 0.15) is 35.7 Å². The molecule has 0 heterocycles. The third kappa shape index (κ3) is 5.43. The van der Waals surface area contributed by atoms with Crippen molar-refractivity contribution in [1.29, 1.82) is 0 Å². The Bertz CT molecular complexity index is 828. The van der Waals surface area contributed by atoms with E-state index in [4.69, 9.17) is 11.6 Å². The zero-order chi connectivity index (χ0) is 19.1. The number of carbonyl (C=O) groups excluding carboxylic acids is 1. The van der Waals surface area contributed by atoms with E-state index < -0.39 is 0 Å². The summed E-state index contributed by atoms with van der Waals surface area (Å²) in [7, 11) is 0. The Balaban J connectivity index is 1.66. The summed E-state index contributed by atoms with van der Waals surface area (Å²) in [6.07, 6.45) is 0. The minimum atomic E-state index is -0.158. The second-order valence-electron chi connectivity index (χ2n) is 6.61. The van der Waals surface area contributed by atoms with Gasteiger partial charge in [-0.2, -0.15) is 0 Å². The number of nitrogens with one attached hydrogen (secondary N) is 1. The molecule has 0 bridgehead atoms. The van der Waals surface area contributed by atoms with Gasteiger partial charge in [-0.3, -0.25) is 4.79 Å². The number of carbonyl (C=O) groups is 1. The largest absolute Gasteiger partial charge is 0.340 e. The quantitative estimate of drug-likeness (QED) is 0.643. The summed E-state index contributed by atoms with van der Waals surface area (Å²) in [6, 6.07) is 27.8. The fourth-order valence-corrected chi connectivity index (χ4v) is 3.28. The predicted octanol–water partition coefficient (Wildman–Crippen LogP) is 3.87. The van der Waals surface area contributed by atoms with Crippen LogP contribution in [0.15, 0.2) is 84.9 Å². The Morgan fingerprint density at radius 3 is 2.00 bits per heavy atom. The standard InChI is InChI=1S/C23H23ClN2O/c1-17(20-13-8-14-21(24)15-20)25-16-22(27)26-23(18-9-4-2-5-10-18)19-11-6-3-7-12-19/h2-15,17,23,25H,16H2,1H3,(H,26,27)/p+1/t17-/m1/s1. The van der Waals surface area contributed by atoms with Crippen LogP contribution in [0.3, 0.4) is 0 Å². The number of benzene rings is 3. The summed E-state index contributed by atoms with van der Waals surface area (Å²) in [6.45, 7) is 2.43. The van der Waals surface area contributed by atoms with Crippen molar-refractivity contribution in [2.45, 2.75) is 19.0 Å². The van der Waals surface area contributed by atoms with E-state index in [1.54, 1.807) is 0 Å². The molecule has 4 heteroatoms. The number of rotatable bonds is 7. The topological polar surface area (TPSA) is 45.7 Å². The Kier molecular flexibility index (Phi) is 6.64. The molecule has 3 aromatic carbocycles. The molecule has 0 unspecified atom stereocenters. The summed E-state index contributed by atoms with van der Waals surface area (Å²) in [5, 5.41) is 5.91. The number of halogens is 1. The SMILES string of the molecule is C[C@@H]([NH2+]CC(=O)NC(c1ccccc1)c1ccccc1)c1cccc(Cl)c1. The van der Waals surface area contributed by atoms with Crippen LogP contribution in [0, 0.1) is 0 Å². The number of nitrogens with two attached hydrogens (primary N) is 1. The Labute approximate surface area is 165 Å². The van der Waals surface area contributed by atoms with Gasteiger partial charge in [0.2, 0.25) is 0 Å². The lowest BCUT2D eigenvalue weighted by molar-refractivity contribution is -0.682. The number of quaternary nitrogens is 1. The summed E-state index contributed by atoms with van der Waals surface area (Å²) >= 11 is 6.06. The summed E-state index contributed by atoms with van der Waals surface area (Å²) < 4.78 is 0. The van der Waals surface area contributed by atoms with Gasteiger partial charge in [-0.25, -0.2) is 0 Å². The molecule has 0 aromatic heterocycles. The highest BCUT2D eigenvalue weighted by molar-refractivity contribution is 6.30. The maximum Gasteiger partial charge on any atom is 0.275 e. The molecule has 3 N–H and O–H groups in total. The summed E-state index contributed by atoms with van der Waals surface area (Å²) in [5.74, 6) is 0.00147. The second kappa shape index (κ2) is 9.36. The molecule has 0 saturated carbocycles. The van der Waals surface area contributed by atoms with E-state index in [-0.39, 0.29) is 18.0 Å². The maximum absolute atomic E-state index is 12.6. The van der Waals surface area contributed by atoms with Crippen molar-refractivity contribution in [2.24, 2.45) is 0 Å². The fourth-order valence-electron chi connectivity index (χ4n) is 3.08. The van der Waals surface area contributed by atoms with Gasteiger partial charge in [-0.05, 0) is 30.2 Å². The summed E-state index contributed by atoms with van der Waals surface area (Å²) in [4.78, 5) is 12.6. The van der Waals surface area contributed by atoms with Gasteiger partial charge >= 0.3 is 0 Å². The van der Waals surface area contributed by atoms with Crippen molar-refractivity contribution in [3.05, 3.63) is 107 Å². The zero-order valence-electron chi connectivity index (χ0n) is 15.3. The molecule has 0 aliphatic heterocycles. The van der Waals surface area contributed by atoms with Gasteiger partial charge in [-0.1, -0.05) is 84.4 Å². The lowest BCUT2D eigenvalue weighted by atomic mass is 9.99. The molecule has 0 saturated heterocycles. The van der Waals surface area contributed by atoms with E-state index in [9.17, 15) is 4.79 Å². The van der Waals surface area contributed by atoms with E-state index in [1.165, 1.54) is 0 Å².